The molecule has 2 rings (SSSR count). The van der Waals surface area contributed by atoms with Gasteiger partial charge in [0.05, 0.1) is 6.54 Å². The first-order valence-electron chi connectivity index (χ1n) is 7.88. The van der Waals surface area contributed by atoms with Gasteiger partial charge in [-0.05, 0) is 25.8 Å². The summed E-state index contributed by atoms with van der Waals surface area (Å²) in [5.74, 6) is -0.0746. The lowest BCUT2D eigenvalue weighted by Crippen LogP contribution is -2.54. The quantitative estimate of drug-likeness (QED) is 0.848. The molecule has 2 N–H and O–H groups in total. The predicted molar refractivity (Wildman–Crippen MR) is 86.6 cm³/mol. The third kappa shape index (κ3) is 4.84. The summed E-state index contributed by atoms with van der Waals surface area (Å²) < 4.78 is 0. The van der Waals surface area contributed by atoms with Crippen molar-refractivity contribution in [2.24, 2.45) is 0 Å². The first-order chi connectivity index (χ1) is 10.6. The molecular formula is C17H25N3O2. The lowest BCUT2D eigenvalue weighted by molar-refractivity contribution is -0.135. The Morgan fingerprint density at radius 2 is 2.05 bits per heavy atom. The number of nitrogens with zero attached hydrogens (tertiary/aromatic N) is 1. The molecule has 5 nitrogen and oxygen atoms in total. The molecule has 1 aromatic carbocycles. The Bertz CT molecular complexity index is 513. The van der Waals surface area contributed by atoms with E-state index in [1.807, 2.05) is 43.0 Å². The van der Waals surface area contributed by atoms with E-state index in [1.165, 1.54) is 5.56 Å². The number of nitrogens with one attached hydrogen (secondary N) is 2. The largest absolute Gasteiger partial charge is 0.347 e. The van der Waals surface area contributed by atoms with E-state index in [1.54, 1.807) is 0 Å². The topological polar surface area (TPSA) is 61.4 Å². The molecule has 1 aliphatic rings. The van der Waals surface area contributed by atoms with Crippen molar-refractivity contribution in [3.63, 3.8) is 0 Å². The molecule has 1 atom stereocenters. The molecule has 0 aromatic heterocycles. The molecule has 22 heavy (non-hydrogen) atoms. The Labute approximate surface area is 132 Å². The molecule has 1 aromatic rings. The fraction of sp³-hybridized carbons (Fsp3) is 0.529. The molecule has 1 aliphatic heterocycles. The molecule has 2 amide bonds. The molecule has 1 heterocycles. The molecule has 0 spiro atoms. The summed E-state index contributed by atoms with van der Waals surface area (Å²) in [5, 5.41) is 5.98. The number of benzene rings is 1. The smallest absolute Gasteiger partial charge is 0.242 e. The minimum atomic E-state index is -0.0725. The zero-order valence-electron chi connectivity index (χ0n) is 13.4. The van der Waals surface area contributed by atoms with Crippen molar-refractivity contribution in [3.8, 4) is 0 Å². The third-order valence-electron chi connectivity index (χ3n) is 4.02. The Hall–Kier alpha value is -1.88. The SMILES string of the molecule is Cc1ccc(CCC(=O)NCC(=O)N2CCNCC2C)cc1. The summed E-state index contributed by atoms with van der Waals surface area (Å²) in [6.07, 6.45) is 1.11. The number of carbonyl (C=O) groups excluding carboxylic acids is 2. The standard InChI is InChI=1S/C17H25N3O2/c1-13-3-5-15(6-4-13)7-8-16(21)19-12-17(22)20-10-9-18-11-14(20)2/h3-6,14,18H,7-12H2,1-2H3,(H,19,21). The number of aryl methyl sites for hydroxylation is 2. The second-order valence-electron chi connectivity index (χ2n) is 5.90. The van der Waals surface area contributed by atoms with Gasteiger partial charge in [-0.1, -0.05) is 29.8 Å². The number of carbonyl (C=O) groups is 2. The summed E-state index contributed by atoms with van der Waals surface area (Å²) in [6.45, 7) is 6.49. The fourth-order valence-electron chi connectivity index (χ4n) is 2.59. The number of hydrogen-bond donors (Lipinski definition) is 2. The maximum Gasteiger partial charge on any atom is 0.242 e. The summed E-state index contributed by atoms with van der Waals surface area (Å²) in [6, 6.07) is 8.35. The molecule has 0 radical (unpaired) electrons. The average Bonchev–Trinajstić information content (AvgIpc) is 2.52. The Morgan fingerprint density at radius 3 is 2.73 bits per heavy atom. The van der Waals surface area contributed by atoms with Gasteiger partial charge in [-0.15, -0.1) is 0 Å². The van der Waals surface area contributed by atoms with Gasteiger partial charge >= 0.3 is 0 Å². The van der Waals surface area contributed by atoms with Crippen molar-refractivity contribution in [3.05, 3.63) is 35.4 Å². The van der Waals surface area contributed by atoms with Crippen LogP contribution in [0.3, 0.4) is 0 Å². The van der Waals surface area contributed by atoms with Crippen LogP contribution in [0.2, 0.25) is 0 Å². The summed E-state index contributed by atoms with van der Waals surface area (Å²) in [5.41, 5.74) is 2.35. The van der Waals surface area contributed by atoms with Gasteiger partial charge in [-0.2, -0.15) is 0 Å². The molecule has 1 unspecified atom stereocenters. The van der Waals surface area contributed by atoms with Gasteiger partial charge in [0.1, 0.15) is 0 Å². The molecule has 0 aliphatic carbocycles. The van der Waals surface area contributed by atoms with Crippen molar-refractivity contribution in [2.45, 2.75) is 32.7 Å². The molecule has 0 bridgehead atoms. The fourth-order valence-corrected chi connectivity index (χ4v) is 2.59. The van der Waals surface area contributed by atoms with Crippen molar-refractivity contribution in [1.29, 1.82) is 0 Å². The van der Waals surface area contributed by atoms with Gasteiger partial charge in [-0.3, -0.25) is 9.59 Å². The molecular weight excluding hydrogens is 278 g/mol. The van der Waals surface area contributed by atoms with Gasteiger partial charge in [0, 0.05) is 32.1 Å². The number of hydrogen-bond acceptors (Lipinski definition) is 3. The second-order valence-corrected chi connectivity index (χ2v) is 5.90. The van der Waals surface area contributed by atoms with Crippen LogP contribution in [0.15, 0.2) is 24.3 Å². The lowest BCUT2D eigenvalue weighted by atomic mass is 10.1. The highest BCUT2D eigenvalue weighted by molar-refractivity contribution is 5.85. The van der Waals surface area contributed by atoms with Crippen LogP contribution in [0.4, 0.5) is 0 Å². The number of rotatable bonds is 5. The highest BCUT2D eigenvalue weighted by atomic mass is 16.2. The van der Waals surface area contributed by atoms with Gasteiger partial charge in [0.15, 0.2) is 0 Å². The van der Waals surface area contributed by atoms with Crippen molar-refractivity contribution >= 4 is 11.8 Å². The Morgan fingerprint density at radius 1 is 1.32 bits per heavy atom. The van der Waals surface area contributed by atoms with Crippen LogP contribution in [-0.2, 0) is 16.0 Å². The molecule has 120 valence electrons. The molecule has 1 saturated heterocycles. The van der Waals surface area contributed by atoms with Crippen LogP contribution in [0.5, 0.6) is 0 Å². The highest BCUT2D eigenvalue weighted by Gasteiger charge is 2.22. The minimum Gasteiger partial charge on any atom is -0.347 e. The van der Waals surface area contributed by atoms with Crippen LogP contribution in [0.1, 0.15) is 24.5 Å². The van der Waals surface area contributed by atoms with Crippen molar-refractivity contribution < 1.29 is 9.59 Å². The van der Waals surface area contributed by atoms with Crippen LogP contribution in [0.25, 0.3) is 0 Å². The van der Waals surface area contributed by atoms with Crippen LogP contribution in [-0.4, -0.2) is 48.9 Å². The zero-order valence-corrected chi connectivity index (χ0v) is 13.4. The minimum absolute atomic E-state index is 0.00214. The summed E-state index contributed by atoms with van der Waals surface area (Å²) in [4.78, 5) is 25.8. The first-order valence-corrected chi connectivity index (χ1v) is 7.88. The van der Waals surface area contributed by atoms with E-state index < -0.39 is 0 Å². The maximum atomic E-state index is 12.1. The van der Waals surface area contributed by atoms with E-state index in [-0.39, 0.29) is 24.4 Å². The Kier molecular flexibility index (Phi) is 5.95. The van der Waals surface area contributed by atoms with E-state index in [2.05, 4.69) is 10.6 Å². The summed E-state index contributed by atoms with van der Waals surface area (Å²) >= 11 is 0. The van der Waals surface area contributed by atoms with Crippen LogP contribution < -0.4 is 10.6 Å². The number of piperazine rings is 1. The monoisotopic (exact) mass is 303 g/mol. The highest BCUT2D eigenvalue weighted by Crippen LogP contribution is 2.06. The zero-order chi connectivity index (χ0) is 15.9. The maximum absolute atomic E-state index is 12.1. The van der Waals surface area contributed by atoms with Crippen LogP contribution >= 0.6 is 0 Å². The predicted octanol–water partition coefficient (Wildman–Crippen LogP) is 0.864. The Balaban J connectivity index is 1.70. The first kappa shape index (κ1) is 16.5. The van der Waals surface area contributed by atoms with Crippen LogP contribution in [0, 0.1) is 6.92 Å². The van der Waals surface area contributed by atoms with E-state index >= 15 is 0 Å². The lowest BCUT2D eigenvalue weighted by Gasteiger charge is -2.34. The van der Waals surface area contributed by atoms with Crippen molar-refractivity contribution in [2.75, 3.05) is 26.2 Å². The van der Waals surface area contributed by atoms with E-state index in [9.17, 15) is 9.59 Å². The summed E-state index contributed by atoms with van der Waals surface area (Å²) in [7, 11) is 0. The molecule has 0 saturated carbocycles. The van der Waals surface area contributed by atoms with Gasteiger partial charge in [-0.25, -0.2) is 0 Å². The third-order valence-corrected chi connectivity index (χ3v) is 4.02. The molecule has 1 fully saturated rings. The van der Waals surface area contributed by atoms with Gasteiger partial charge < -0.3 is 15.5 Å². The van der Waals surface area contributed by atoms with E-state index in [4.69, 9.17) is 0 Å². The normalized spacial score (nSPS) is 18.1. The van der Waals surface area contributed by atoms with E-state index in [0.29, 0.717) is 19.4 Å². The van der Waals surface area contributed by atoms with Gasteiger partial charge in [0.25, 0.3) is 0 Å². The molecule has 5 heteroatoms. The number of amides is 2. The van der Waals surface area contributed by atoms with Crippen molar-refractivity contribution in [1.82, 2.24) is 15.5 Å². The van der Waals surface area contributed by atoms with E-state index in [0.717, 1.165) is 18.7 Å². The second kappa shape index (κ2) is 7.94. The van der Waals surface area contributed by atoms with Gasteiger partial charge in [0.2, 0.25) is 11.8 Å². The average molecular weight is 303 g/mol.